The van der Waals surface area contributed by atoms with E-state index in [1.165, 1.54) is 6.08 Å². The summed E-state index contributed by atoms with van der Waals surface area (Å²) in [5.74, 6) is -0.520. The van der Waals surface area contributed by atoms with Crippen molar-refractivity contribution in [3.05, 3.63) is 58.1 Å². The maximum absolute atomic E-state index is 11.9. The SMILES string of the molecule is CCOC(=O)/C=C1/CO[C@]2(c3ccc(Br)cc3)C=CC(=O)CC12. The van der Waals surface area contributed by atoms with Crippen molar-refractivity contribution in [3.63, 3.8) is 0 Å². The minimum absolute atomic E-state index is 0.0444. The zero-order valence-electron chi connectivity index (χ0n) is 12.8. The van der Waals surface area contributed by atoms with Gasteiger partial charge in [0.2, 0.25) is 0 Å². The molecule has 0 spiro atoms. The Labute approximate surface area is 143 Å². The fourth-order valence-electron chi connectivity index (χ4n) is 3.18. The molecule has 1 aromatic rings. The summed E-state index contributed by atoms with van der Waals surface area (Å²) in [5, 5.41) is 0. The largest absolute Gasteiger partial charge is 0.463 e. The highest BCUT2D eigenvalue weighted by Gasteiger charge is 2.49. The number of carbonyl (C=O) groups is 2. The zero-order valence-corrected chi connectivity index (χ0v) is 14.3. The molecule has 0 aromatic heterocycles. The van der Waals surface area contributed by atoms with Gasteiger partial charge in [0.05, 0.1) is 13.2 Å². The topological polar surface area (TPSA) is 52.6 Å². The van der Waals surface area contributed by atoms with E-state index in [1.54, 1.807) is 13.0 Å². The predicted octanol–water partition coefficient (Wildman–Crippen LogP) is 3.31. The summed E-state index contributed by atoms with van der Waals surface area (Å²) >= 11 is 3.43. The van der Waals surface area contributed by atoms with Crippen molar-refractivity contribution in [1.29, 1.82) is 0 Å². The van der Waals surface area contributed by atoms with Crippen LogP contribution in [0.4, 0.5) is 0 Å². The Balaban J connectivity index is 2.01. The fraction of sp³-hybridized carbons (Fsp3) is 0.333. The number of ether oxygens (including phenoxy) is 2. The van der Waals surface area contributed by atoms with E-state index in [4.69, 9.17) is 9.47 Å². The van der Waals surface area contributed by atoms with Crippen molar-refractivity contribution >= 4 is 27.7 Å². The van der Waals surface area contributed by atoms with Gasteiger partial charge in [0.15, 0.2) is 5.78 Å². The standard InChI is InChI=1S/C18H17BrO4/c1-2-22-17(21)9-12-11-23-18(8-7-15(20)10-16(12)18)13-3-5-14(19)6-4-13/h3-9,16H,2,10-11H2,1H3/b12-9-/t16?,18-/m0/s1. The van der Waals surface area contributed by atoms with Gasteiger partial charge in [-0.25, -0.2) is 4.79 Å². The smallest absolute Gasteiger partial charge is 0.330 e. The fourth-order valence-corrected chi connectivity index (χ4v) is 3.45. The molecule has 1 fully saturated rings. The van der Waals surface area contributed by atoms with Crippen LogP contribution >= 0.6 is 15.9 Å². The van der Waals surface area contributed by atoms with Crippen molar-refractivity contribution in [2.75, 3.05) is 13.2 Å². The molecule has 1 heterocycles. The van der Waals surface area contributed by atoms with Gasteiger partial charge < -0.3 is 9.47 Å². The molecule has 1 aliphatic carbocycles. The molecule has 0 radical (unpaired) electrons. The summed E-state index contributed by atoms with van der Waals surface area (Å²) in [6.07, 6.45) is 5.20. The van der Waals surface area contributed by atoms with E-state index in [0.29, 0.717) is 19.6 Å². The molecule has 2 aliphatic rings. The van der Waals surface area contributed by atoms with Crippen LogP contribution in [-0.2, 0) is 24.7 Å². The molecule has 2 atom stereocenters. The Bertz CT molecular complexity index is 689. The van der Waals surface area contributed by atoms with E-state index in [2.05, 4.69) is 15.9 Å². The van der Waals surface area contributed by atoms with Crippen LogP contribution in [0.25, 0.3) is 0 Å². The third-order valence-corrected chi connectivity index (χ3v) is 4.78. The van der Waals surface area contributed by atoms with Crippen LogP contribution in [-0.4, -0.2) is 25.0 Å². The van der Waals surface area contributed by atoms with Gasteiger partial charge in [-0.05, 0) is 42.3 Å². The Hall–Kier alpha value is -1.72. The number of rotatable bonds is 3. The highest BCUT2D eigenvalue weighted by molar-refractivity contribution is 9.10. The number of ketones is 1. The molecule has 1 saturated heterocycles. The maximum Gasteiger partial charge on any atom is 0.330 e. The molecule has 0 N–H and O–H groups in total. The zero-order chi connectivity index (χ0) is 16.4. The summed E-state index contributed by atoms with van der Waals surface area (Å²) in [7, 11) is 0. The van der Waals surface area contributed by atoms with Gasteiger partial charge in [0.1, 0.15) is 5.60 Å². The molecule has 3 rings (SSSR count). The third-order valence-electron chi connectivity index (χ3n) is 4.25. The van der Waals surface area contributed by atoms with Gasteiger partial charge in [-0.15, -0.1) is 0 Å². The second kappa shape index (κ2) is 6.42. The van der Waals surface area contributed by atoms with Crippen LogP contribution < -0.4 is 0 Å². The van der Waals surface area contributed by atoms with Gasteiger partial charge in [0.25, 0.3) is 0 Å². The van der Waals surface area contributed by atoms with Crippen LogP contribution in [0.2, 0.25) is 0 Å². The van der Waals surface area contributed by atoms with Crippen molar-refractivity contribution in [1.82, 2.24) is 0 Å². The minimum atomic E-state index is -0.688. The number of benzene rings is 1. The quantitative estimate of drug-likeness (QED) is 0.599. The lowest BCUT2D eigenvalue weighted by Gasteiger charge is -2.34. The molecule has 0 bridgehead atoms. The summed E-state index contributed by atoms with van der Waals surface area (Å²) in [4.78, 5) is 23.7. The summed E-state index contributed by atoms with van der Waals surface area (Å²) in [5.41, 5.74) is 1.10. The van der Waals surface area contributed by atoms with E-state index in [0.717, 1.165) is 15.6 Å². The van der Waals surface area contributed by atoms with Crippen molar-refractivity contribution < 1.29 is 19.1 Å². The number of fused-ring (bicyclic) bond motifs is 1. The Morgan fingerprint density at radius 2 is 2.17 bits per heavy atom. The van der Waals surface area contributed by atoms with Gasteiger partial charge in [-0.2, -0.15) is 0 Å². The molecular weight excluding hydrogens is 360 g/mol. The first kappa shape index (κ1) is 16.1. The third kappa shape index (κ3) is 3.03. The van der Waals surface area contributed by atoms with Crippen LogP contribution in [0.15, 0.2) is 52.5 Å². The molecule has 1 aromatic carbocycles. The lowest BCUT2D eigenvalue weighted by molar-refractivity contribution is -0.137. The van der Waals surface area contributed by atoms with Crippen LogP contribution in [0.3, 0.4) is 0 Å². The molecule has 120 valence electrons. The predicted molar refractivity (Wildman–Crippen MR) is 88.7 cm³/mol. The normalized spacial score (nSPS) is 28.0. The number of allylic oxidation sites excluding steroid dienone is 1. The first-order valence-electron chi connectivity index (χ1n) is 7.54. The van der Waals surface area contributed by atoms with Crippen LogP contribution in [0, 0.1) is 5.92 Å². The summed E-state index contributed by atoms with van der Waals surface area (Å²) in [6, 6.07) is 7.85. The molecule has 23 heavy (non-hydrogen) atoms. The number of hydrogen-bond donors (Lipinski definition) is 0. The number of carbonyl (C=O) groups excluding carboxylic acids is 2. The van der Waals surface area contributed by atoms with E-state index in [-0.39, 0.29) is 17.7 Å². The van der Waals surface area contributed by atoms with Crippen molar-refractivity contribution in [3.8, 4) is 0 Å². The van der Waals surface area contributed by atoms with Crippen molar-refractivity contribution in [2.45, 2.75) is 18.9 Å². The second-order valence-electron chi connectivity index (χ2n) is 5.62. The van der Waals surface area contributed by atoms with E-state index < -0.39 is 5.60 Å². The average molecular weight is 377 g/mol. The lowest BCUT2D eigenvalue weighted by atomic mass is 9.73. The Morgan fingerprint density at radius 1 is 1.43 bits per heavy atom. The molecule has 1 unspecified atom stereocenters. The van der Waals surface area contributed by atoms with E-state index in [1.807, 2.05) is 30.3 Å². The molecule has 0 saturated carbocycles. The lowest BCUT2D eigenvalue weighted by Crippen LogP contribution is -2.35. The van der Waals surface area contributed by atoms with Gasteiger partial charge in [-0.3, -0.25) is 4.79 Å². The summed E-state index contributed by atoms with van der Waals surface area (Å²) < 4.78 is 12.0. The van der Waals surface area contributed by atoms with Gasteiger partial charge in [-0.1, -0.05) is 28.1 Å². The molecule has 4 nitrogen and oxygen atoms in total. The molecular formula is C18H17BrO4. The maximum atomic E-state index is 11.9. The van der Waals surface area contributed by atoms with Crippen LogP contribution in [0.5, 0.6) is 0 Å². The van der Waals surface area contributed by atoms with Gasteiger partial charge >= 0.3 is 5.97 Å². The molecule has 0 amide bonds. The Kier molecular flexibility index (Phi) is 4.50. The first-order chi connectivity index (χ1) is 11.0. The Morgan fingerprint density at radius 3 is 2.87 bits per heavy atom. The highest BCUT2D eigenvalue weighted by atomic mass is 79.9. The van der Waals surface area contributed by atoms with E-state index in [9.17, 15) is 9.59 Å². The molecule has 1 aliphatic heterocycles. The number of halogens is 1. The minimum Gasteiger partial charge on any atom is -0.463 e. The average Bonchev–Trinajstić information content (AvgIpc) is 2.87. The summed E-state index contributed by atoms with van der Waals surface area (Å²) in [6.45, 7) is 2.41. The molecule has 5 heteroatoms. The van der Waals surface area contributed by atoms with E-state index >= 15 is 0 Å². The monoisotopic (exact) mass is 376 g/mol. The second-order valence-corrected chi connectivity index (χ2v) is 6.53. The van der Waals surface area contributed by atoms with Crippen molar-refractivity contribution in [2.24, 2.45) is 5.92 Å². The number of esters is 1. The highest BCUT2D eigenvalue weighted by Crippen LogP contribution is 2.49. The van der Waals surface area contributed by atoms with Crippen LogP contribution in [0.1, 0.15) is 18.9 Å². The van der Waals surface area contributed by atoms with Gasteiger partial charge in [0, 0.05) is 22.9 Å². The first-order valence-corrected chi connectivity index (χ1v) is 8.34. The number of hydrogen-bond acceptors (Lipinski definition) is 4.